The lowest BCUT2D eigenvalue weighted by Crippen LogP contribution is -2.37. The predicted molar refractivity (Wildman–Crippen MR) is 130 cm³/mol. The zero-order chi connectivity index (χ0) is 25.3. The Morgan fingerprint density at radius 3 is 2.58 bits per heavy atom. The van der Waals surface area contributed by atoms with Crippen LogP contribution >= 0.6 is 0 Å². The summed E-state index contributed by atoms with van der Waals surface area (Å²) < 4.78 is 21.6. The molecule has 0 fully saturated rings. The van der Waals surface area contributed by atoms with Crippen molar-refractivity contribution < 1.29 is 19.1 Å². The summed E-state index contributed by atoms with van der Waals surface area (Å²) in [5.74, 6) is 1.21. The first kappa shape index (κ1) is 22.1. The van der Waals surface area contributed by atoms with Gasteiger partial charge in [0.25, 0.3) is 11.2 Å². The Morgan fingerprint density at radius 2 is 1.81 bits per heavy atom. The smallest absolute Gasteiger partial charge is 0.331 e. The minimum absolute atomic E-state index is 0.0442. The van der Waals surface area contributed by atoms with Gasteiger partial charge in [0.15, 0.2) is 11.5 Å². The van der Waals surface area contributed by atoms with Crippen LogP contribution in [0.5, 0.6) is 11.5 Å². The number of nitro benzene ring substituents is 1. The molecule has 6 rings (SSSR count). The summed E-state index contributed by atoms with van der Waals surface area (Å²) in [7, 11) is 3.03. The molecule has 0 aliphatic carbocycles. The van der Waals surface area contributed by atoms with Crippen molar-refractivity contribution in [1.82, 2.24) is 13.7 Å². The fraction of sp³-hybridized carbons (Fsp3) is 0.280. The van der Waals surface area contributed by atoms with E-state index in [1.54, 1.807) is 32.2 Å². The van der Waals surface area contributed by atoms with Gasteiger partial charge in [0, 0.05) is 37.8 Å². The molecule has 11 nitrogen and oxygen atoms in total. The normalized spacial score (nSPS) is 16.4. The summed E-state index contributed by atoms with van der Waals surface area (Å²) in [5, 5.41) is 12.0. The van der Waals surface area contributed by atoms with Gasteiger partial charge in [-0.05, 0) is 24.6 Å². The minimum atomic E-state index is -0.609. The third-order valence-corrected chi connectivity index (χ3v) is 6.93. The molecule has 2 aliphatic rings. The zero-order valence-electron chi connectivity index (χ0n) is 19.8. The van der Waals surface area contributed by atoms with Crippen LogP contribution in [0.4, 0.5) is 5.69 Å². The van der Waals surface area contributed by atoms with Gasteiger partial charge >= 0.3 is 5.69 Å². The molecule has 36 heavy (non-hydrogen) atoms. The number of rotatable bonds is 3. The molecule has 0 saturated heterocycles. The largest absolute Gasteiger partial charge is 0.454 e. The second kappa shape index (κ2) is 7.82. The fourth-order valence-electron chi connectivity index (χ4n) is 5.16. The van der Waals surface area contributed by atoms with Gasteiger partial charge in [-0.2, -0.15) is 0 Å². The molecule has 184 valence electrons. The third kappa shape index (κ3) is 3.02. The minimum Gasteiger partial charge on any atom is -0.454 e. The van der Waals surface area contributed by atoms with E-state index in [0.717, 1.165) is 10.1 Å². The molecule has 2 aliphatic heterocycles. The molecule has 4 aromatic rings. The van der Waals surface area contributed by atoms with E-state index in [1.807, 2.05) is 16.7 Å². The fourth-order valence-corrected chi connectivity index (χ4v) is 5.16. The third-order valence-electron chi connectivity index (χ3n) is 6.93. The van der Waals surface area contributed by atoms with Crippen LogP contribution in [0.3, 0.4) is 0 Å². The Kier molecular flexibility index (Phi) is 4.80. The van der Waals surface area contributed by atoms with Crippen molar-refractivity contribution >= 4 is 16.6 Å². The summed E-state index contributed by atoms with van der Waals surface area (Å²) in [6.45, 7) is 2.53. The van der Waals surface area contributed by atoms with Crippen LogP contribution in [0.25, 0.3) is 22.2 Å². The Bertz CT molecular complexity index is 1710. The van der Waals surface area contributed by atoms with E-state index in [9.17, 15) is 19.7 Å². The first-order valence-corrected chi connectivity index (χ1v) is 11.4. The van der Waals surface area contributed by atoms with E-state index in [4.69, 9.17) is 14.2 Å². The lowest BCUT2D eigenvalue weighted by Gasteiger charge is -2.28. The number of hydrogen-bond acceptors (Lipinski definition) is 7. The summed E-state index contributed by atoms with van der Waals surface area (Å²) >= 11 is 0. The second-order valence-electron chi connectivity index (χ2n) is 8.94. The maximum atomic E-state index is 13.5. The van der Waals surface area contributed by atoms with Crippen LogP contribution in [0, 0.1) is 17.0 Å². The van der Waals surface area contributed by atoms with Crippen molar-refractivity contribution in [3.05, 3.63) is 84.2 Å². The van der Waals surface area contributed by atoms with Gasteiger partial charge in [0.2, 0.25) is 6.79 Å². The number of ether oxygens (including phenoxy) is 3. The van der Waals surface area contributed by atoms with Crippen LogP contribution in [0.1, 0.15) is 22.9 Å². The standard InChI is InChI=1S/C25H22N4O7/c1-13-4-5-14(10-16(13)29(32)33)20-19-21(26(2)25(31)27(3)24(19)30)22-23(34-9-8-28(20)22)15-6-7-17-18(11-15)36-12-35-17/h4-7,10-11,23H,8-9,12H2,1-3H3/t23-/m1/s1. The number of benzene rings is 2. The summed E-state index contributed by atoms with van der Waals surface area (Å²) in [5.41, 5.74) is 2.40. The van der Waals surface area contributed by atoms with Crippen LogP contribution < -0.4 is 20.7 Å². The van der Waals surface area contributed by atoms with Crippen molar-refractivity contribution in [2.75, 3.05) is 13.4 Å². The number of hydrogen-bond donors (Lipinski definition) is 0. The Morgan fingerprint density at radius 1 is 1.03 bits per heavy atom. The van der Waals surface area contributed by atoms with Crippen LogP contribution in [0.2, 0.25) is 0 Å². The molecular formula is C25H22N4O7. The number of nitrogens with zero attached hydrogens (tertiary/aromatic N) is 4. The highest BCUT2D eigenvalue weighted by atomic mass is 16.7. The average molecular weight is 490 g/mol. The quantitative estimate of drug-likeness (QED) is 0.320. The second-order valence-corrected chi connectivity index (χ2v) is 8.94. The van der Waals surface area contributed by atoms with Gasteiger partial charge in [-0.3, -0.25) is 24.0 Å². The maximum absolute atomic E-state index is 13.5. The highest BCUT2D eigenvalue weighted by Gasteiger charge is 2.34. The van der Waals surface area contributed by atoms with E-state index in [0.29, 0.717) is 58.1 Å². The van der Waals surface area contributed by atoms with Gasteiger partial charge in [-0.25, -0.2) is 4.79 Å². The predicted octanol–water partition coefficient (Wildman–Crippen LogP) is 2.77. The monoisotopic (exact) mass is 490 g/mol. The molecule has 0 radical (unpaired) electrons. The van der Waals surface area contributed by atoms with Crippen molar-refractivity contribution in [3.8, 4) is 22.8 Å². The molecule has 2 aromatic carbocycles. The average Bonchev–Trinajstić information content (AvgIpc) is 3.48. The number of aromatic nitrogens is 3. The summed E-state index contributed by atoms with van der Waals surface area (Å²) in [4.78, 5) is 37.7. The molecule has 11 heteroatoms. The van der Waals surface area contributed by atoms with E-state index < -0.39 is 22.3 Å². The van der Waals surface area contributed by atoms with Gasteiger partial charge in [-0.15, -0.1) is 0 Å². The lowest BCUT2D eigenvalue weighted by molar-refractivity contribution is -0.385. The Labute approximate surface area is 203 Å². The van der Waals surface area contributed by atoms with Gasteiger partial charge in [0.05, 0.1) is 33.8 Å². The van der Waals surface area contributed by atoms with Crippen LogP contribution in [0.15, 0.2) is 46.0 Å². The Hall–Kier alpha value is -4.38. The molecular weight excluding hydrogens is 468 g/mol. The topological polar surface area (TPSA) is 120 Å². The SMILES string of the molecule is Cc1ccc(-c2c3c(=O)n(C)c(=O)n(C)c3c3n2CCO[C@@H]3c2ccc3c(c2)OCO3)cc1[N+](=O)[O-]. The van der Waals surface area contributed by atoms with E-state index in [1.165, 1.54) is 17.7 Å². The van der Waals surface area contributed by atoms with Crippen LogP contribution in [-0.2, 0) is 25.4 Å². The molecule has 0 N–H and O–H groups in total. The van der Waals surface area contributed by atoms with Gasteiger partial charge < -0.3 is 18.8 Å². The molecule has 4 heterocycles. The van der Waals surface area contributed by atoms with Crippen molar-refractivity contribution in [1.29, 1.82) is 0 Å². The molecule has 0 unspecified atom stereocenters. The zero-order valence-corrected chi connectivity index (χ0v) is 19.8. The van der Waals surface area contributed by atoms with E-state index in [-0.39, 0.29) is 12.5 Å². The van der Waals surface area contributed by atoms with Crippen molar-refractivity contribution in [3.63, 3.8) is 0 Å². The summed E-state index contributed by atoms with van der Waals surface area (Å²) in [6.07, 6.45) is -0.609. The molecule has 1 atom stereocenters. The highest BCUT2D eigenvalue weighted by Crippen LogP contribution is 2.43. The molecule has 0 saturated carbocycles. The molecule has 2 aromatic heterocycles. The van der Waals surface area contributed by atoms with Gasteiger partial charge in [0.1, 0.15) is 6.10 Å². The molecule has 0 spiro atoms. The maximum Gasteiger partial charge on any atom is 0.331 e. The number of nitro groups is 1. The molecule has 0 bridgehead atoms. The van der Waals surface area contributed by atoms with Crippen molar-refractivity contribution in [2.45, 2.75) is 19.6 Å². The van der Waals surface area contributed by atoms with Crippen molar-refractivity contribution in [2.24, 2.45) is 14.1 Å². The highest BCUT2D eigenvalue weighted by molar-refractivity contribution is 5.97. The lowest BCUT2D eigenvalue weighted by atomic mass is 10.0. The van der Waals surface area contributed by atoms with Gasteiger partial charge in [-0.1, -0.05) is 18.2 Å². The Balaban J connectivity index is 1.71. The molecule has 0 amide bonds. The van der Waals surface area contributed by atoms with E-state index >= 15 is 0 Å². The van der Waals surface area contributed by atoms with E-state index in [2.05, 4.69) is 0 Å². The van der Waals surface area contributed by atoms with Crippen LogP contribution in [-0.4, -0.2) is 32.0 Å². The number of fused-ring (bicyclic) bond motifs is 4. The first-order chi connectivity index (χ1) is 17.3. The summed E-state index contributed by atoms with van der Waals surface area (Å²) in [6, 6.07) is 10.4. The first-order valence-electron chi connectivity index (χ1n) is 11.4. The number of aryl methyl sites for hydroxylation is 2.